The molecule has 2 aromatic carbocycles. The van der Waals surface area contributed by atoms with Gasteiger partial charge < -0.3 is 15.6 Å². The second-order valence-electron chi connectivity index (χ2n) is 8.97. The van der Waals surface area contributed by atoms with Gasteiger partial charge in [0.25, 0.3) is 0 Å². The molecule has 0 saturated heterocycles. The lowest BCUT2D eigenvalue weighted by Gasteiger charge is -2.10. The summed E-state index contributed by atoms with van der Waals surface area (Å²) in [5, 5.41) is 10.9. The summed E-state index contributed by atoms with van der Waals surface area (Å²) in [6.45, 7) is 2.70. The third-order valence-corrected chi connectivity index (χ3v) is 6.69. The molecular formula is C27H29N5O2. The van der Waals surface area contributed by atoms with Crippen molar-refractivity contribution in [1.29, 1.82) is 0 Å². The van der Waals surface area contributed by atoms with Gasteiger partial charge >= 0.3 is 11.8 Å². The van der Waals surface area contributed by atoms with Crippen molar-refractivity contribution < 1.29 is 9.59 Å². The van der Waals surface area contributed by atoms with E-state index >= 15 is 0 Å². The molecule has 2 amide bonds. The van der Waals surface area contributed by atoms with E-state index in [4.69, 9.17) is 0 Å². The number of carbonyl (C=O) groups excluding carboxylic acids is 2. The lowest BCUT2D eigenvalue weighted by atomic mass is 10.1. The Balaban J connectivity index is 1.31. The Morgan fingerprint density at radius 1 is 1.06 bits per heavy atom. The molecule has 5 rings (SSSR count). The molecule has 1 aliphatic rings. The standard InChI is InChI=1S/C27H29N5O2/c1-2-18-7-10-22(11-8-18)32-17-21(15-30-32)20-9-12-24-23(13-20)25(16-28-24)31-27(34)26(33)29-14-19-5-3-4-6-19/h7-13,15-17,19,28H,2-6,14H2,1H3,(H,29,33)(H,31,34). The molecule has 2 aromatic heterocycles. The maximum Gasteiger partial charge on any atom is 0.313 e. The predicted octanol–water partition coefficient (Wildman–Crippen LogP) is 4.83. The van der Waals surface area contributed by atoms with Gasteiger partial charge in [-0.15, -0.1) is 0 Å². The van der Waals surface area contributed by atoms with Gasteiger partial charge in [0.1, 0.15) is 0 Å². The highest BCUT2D eigenvalue weighted by molar-refractivity contribution is 6.40. The highest BCUT2D eigenvalue weighted by Crippen LogP contribution is 2.29. The van der Waals surface area contributed by atoms with E-state index in [9.17, 15) is 9.59 Å². The summed E-state index contributed by atoms with van der Waals surface area (Å²) in [6.07, 6.45) is 11.2. The zero-order valence-corrected chi connectivity index (χ0v) is 19.3. The number of benzene rings is 2. The highest BCUT2D eigenvalue weighted by atomic mass is 16.2. The Morgan fingerprint density at radius 3 is 2.62 bits per heavy atom. The van der Waals surface area contributed by atoms with Crippen molar-refractivity contribution in [2.75, 3.05) is 11.9 Å². The van der Waals surface area contributed by atoms with Crippen LogP contribution in [0.2, 0.25) is 0 Å². The topological polar surface area (TPSA) is 91.8 Å². The molecule has 2 heterocycles. The second-order valence-corrected chi connectivity index (χ2v) is 8.97. The third-order valence-electron chi connectivity index (χ3n) is 6.69. The zero-order valence-electron chi connectivity index (χ0n) is 19.3. The van der Waals surface area contributed by atoms with Gasteiger partial charge in [-0.2, -0.15) is 5.10 Å². The van der Waals surface area contributed by atoms with E-state index in [1.165, 1.54) is 18.4 Å². The molecule has 4 aromatic rings. The van der Waals surface area contributed by atoms with E-state index in [2.05, 4.69) is 51.9 Å². The van der Waals surface area contributed by atoms with E-state index < -0.39 is 11.8 Å². The normalized spacial score (nSPS) is 13.9. The van der Waals surface area contributed by atoms with Crippen LogP contribution in [-0.2, 0) is 16.0 Å². The van der Waals surface area contributed by atoms with Crippen molar-refractivity contribution in [3.63, 3.8) is 0 Å². The van der Waals surface area contributed by atoms with Gasteiger partial charge in [0.15, 0.2) is 0 Å². The summed E-state index contributed by atoms with van der Waals surface area (Å²) in [4.78, 5) is 27.9. The minimum atomic E-state index is -0.646. The van der Waals surface area contributed by atoms with Crippen molar-refractivity contribution in [3.8, 4) is 16.8 Å². The van der Waals surface area contributed by atoms with Crippen LogP contribution in [0, 0.1) is 5.92 Å². The monoisotopic (exact) mass is 455 g/mol. The number of carbonyl (C=O) groups is 2. The first-order valence-corrected chi connectivity index (χ1v) is 12.0. The number of aromatic amines is 1. The second kappa shape index (κ2) is 9.55. The molecule has 34 heavy (non-hydrogen) atoms. The maximum absolute atomic E-state index is 12.5. The van der Waals surface area contributed by atoms with Crippen LogP contribution in [0.3, 0.4) is 0 Å². The molecule has 174 valence electrons. The number of aryl methyl sites for hydroxylation is 1. The Kier molecular flexibility index (Phi) is 6.16. The lowest BCUT2D eigenvalue weighted by Crippen LogP contribution is -2.37. The number of hydrogen-bond acceptors (Lipinski definition) is 3. The summed E-state index contributed by atoms with van der Waals surface area (Å²) >= 11 is 0. The van der Waals surface area contributed by atoms with Crippen molar-refractivity contribution in [2.24, 2.45) is 5.92 Å². The smallest absolute Gasteiger partial charge is 0.313 e. The van der Waals surface area contributed by atoms with Gasteiger partial charge in [0, 0.05) is 35.4 Å². The lowest BCUT2D eigenvalue weighted by molar-refractivity contribution is -0.136. The number of H-pyrrole nitrogens is 1. The van der Waals surface area contributed by atoms with E-state index in [0.29, 0.717) is 18.2 Å². The summed E-state index contributed by atoms with van der Waals surface area (Å²) < 4.78 is 1.85. The Morgan fingerprint density at radius 2 is 1.85 bits per heavy atom. The Bertz CT molecular complexity index is 1310. The summed E-state index contributed by atoms with van der Waals surface area (Å²) in [5.41, 5.74) is 5.70. The molecule has 1 fully saturated rings. The third kappa shape index (κ3) is 4.59. The minimum absolute atomic E-state index is 0.484. The van der Waals surface area contributed by atoms with Crippen LogP contribution in [0.1, 0.15) is 38.2 Å². The number of aromatic nitrogens is 3. The number of rotatable bonds is 6. The molecule has 1 aliphatic carbocycles. The number of nitrogens with one attached hydrogen (secondary N) is 3. The van der Waals surface area contributed by atoms with Crippen LogP contribution in [0.15, 0.2) is 61.1 Å². The Hall–Kier alpha value is -3.87. The van der Waals surface area contributed by atoms with Gasteiger partial charge in [-0.05, 0) is 60.6 Å². The van der Waals surface area contributed by atoms with Gasteiger partial charge in [-0.1, -0.05) is 38.0 Å². The largest absolute Gasteiger partial charge is 0.359 e. The number of nitrogens with zero attached hydrogens (tertiary/aromatic N) is 2. The van der Waals surface area contributed by atoms with Crippen molar-refractivity contribution >= 4 is 28.4 Å². The molecule has 0 unspecified atom stereocenters. The maximum atomic E-state index is 12.5. The van der Waals surface area contributed by atoms with Crippen LogP contribution >= 0.6 is 0 Å². The van der Waals surface area contributed by atoms with Crippen molar-refractivity contribution in [1.82, 2.24) is 20.1 Å². The van der Waals surface area contributed by atoms with Crippen LogP contribution in [0.25, 0.3) is 27.7 Å². The van der Waals surface area contributed by atoms with E-state index in [1.54, 1.807) is 6.20 Å². The van der Waals surface area contributed by atoms with Crippen LogP contribution in [0.5, 0.6) is 0 Å². The molecule has 0 bridgehead atoms. The molecule has 0 radical (unpaired) electrons. The molecule has 3 N–H and O–H groups in total. The van der Waals surface area contributed by atoms with Gasteiger partial charge in [0.2, 0.25) is 0 Å². The van der Waals surface area contributed by atoms with E-state index in [0.717, 1.165) is 47.0 Å². The first-order valence-electron chi connectivity index (χ1n) is 12.0. The van der Waals surface area contributed by atoms with Gasteiger partial charge in [-0.3, -0.25) is 9.59 Å². The summed E-state index contributed by atoms with van der Waals surface area (Å²) in [6, 6.07) is 14.3. The first kappa shape index (κ1) is 21.9. The van der Waals surface area contributed by atoms with Crippen LogP contribution in [0.4, 0.5) is 5.69 Å². The van der Waals surface area contributed by atoms with E-state index in [-0.39, 0.29) is 0 Å². The molecule has 7 nitrogen and oxygen atoms in total. The zero-order chi connectivity index (χ0) is 23.5. The number of fused-ring (bicyclic) bond motifs is 1. The number of hydrogen-bond donors (Lipinski definition) is 3. The molecule has 0 spiro atoms. The quantitative estimate of drug-likeness (QED) is 0.364. The summed E-state index contributed by atoms with van der Waals surface area (Å²) in [5.74, 6) is -0.752. The van der Waals surface area contributed by atoms with E-state index in [1.807, 2.05) is 35.3 Å². The first-order chi connectivity index (χ1) is 16.6. The van der Waals surface area contributed by atoms with Gasteiger partial charge in [-0.25, -0.2) is 4.68 Å². The SMILES string of the molecule is CCc1ccc(-n2cc(-c3ccc4[nH]cc(NC(=O)C(=O)NCC5CCCC5)c4c3)cn2)cc1. The average Bonchev–Trinajstić information content (AvgIpc) is 3.64. The highest BCUT2D eigenvalue weighted by Gasteiger charge is 2.20. The van der Waals surface area contributed by atoms with Crippen molar-refractivity contribution in [3.05, 3.63) is 66.6 Å². The number of anilines is 1. The van der Waals surface area contributed by atoms with Crippen molar-refractivity contribution in [2.45, 2.75) is 39.0 Å². The molecule has 1 saturated carbocycles. The average molecular weight is 456 g/mol. The fourth-order valence-corrected chi connectivity index (χ4v) is 4.61. The van der Waals surface area contributed by atoms with Gasteiger partial charge in [0.05, 0.1) is 17.6 Å². The molecule has 0 aliphatic heterocycles. The molecular weight excluding hydrogens is 426 g/mol. The molecule has 0 atom stereocenters. The number of amides is 2. The summed E-state index contributed by atoms with van der Waals surface area (Å²) in [7, 11) is 0. The van der Waals surface area contributed by atoms with Crippen LogP contribution < -0.4 is 10.6 Å². The minimum Gasteiger partial charge on any atom is -0.359 e. The fraction of sp³-hybridized carbons (Fsp3) is 0.296. The predicted molar refractivity (Wildman–Crippen MR) is 134 cm³/mol. The van der Waals surface area contributed by atoms with Crippen LogP contribution in [-0.4, -0.2) is 33.1 Å². The Labute approximate surface area is 198 Å². The molecule has 7 heteroatoms. The fourth-order valence-electron chi connectivity index (χ4n) is 4.61.